The standard InChI is InChI=1S/C29H39NO6.C22H33NO6.C21H25NO4.C20H23NO4.C14H19NO4/c1-27(2,3)35-24(31)21-15-17-22(18-16-21)29(7,8)23(30(9)26(33)36-28(4,5)6)25(32)34-19-20-13-11-10-12-14-20;1-20(2,3)28-18(26)14-10-12-15(13-11-14)22(7,8)16(17(24)25)23(9)19(27)29-21(4,5)6;1-21(2,17-12-10-16(11-13-17)19(23)25-4)18(22-3)20(24)26-14-15-8-6-5-7-9-15;1-20(2,16-11-9-15(10-12-16)18(22)23)17(21-3)19(24)25-13-14-7-5-4-6-8-14;1-14(2,11(15-3)12(16)17)10-7-5-9(6-8-10)13(18)19-4/h10-18,23H,19H2,1-9H3;10-13,16H,1-9H3,(H,24,25);5-13,18,22H,14H2,1-4H3;4-12,17,21H,13H2,1-3H3,(H,22,23);5-8,11,15H,1-4H3,(H,16,17). The Morgan fingerprint density at radius 1 is 0.281 bits per heavy atom. The number of aromatic carboxylic acids is 1. The zero-order valence-corrected chi connectivity index (χ0v) is 83.5. The number of hydrogen-bond donors (Lipinski definition) is 6. The highest BCUT2D eigenvalue weighted by Gasteiger charge is 2.47. The predicted molar refractivity (Wildman–Crippen MR) is 515 cm³/mol. The number of hydrogen-bond acceptors (Lipinski definition) is 24. The Balaban J connectivity index is 0.000000357. The normalized spacial score (nSPS) is 12.8. The number of aliphatic carboxylic acids is 2. The number of amides is 2. The molecule has 0 aliphatic rings. The molecule has 0 fully saturated rings. The van der Waals surface area contributed by atoms with E-state index in [2.05, 4.69) is 20.7 Å². The van der Waals surface area contributed by atoms with Gasteiger partial charge in [0.05, 0.1) is 42.0 Å². The number of carboxylic acids is 3. The van der Waals surface area contributed by atoms with Crippen molar-refractivity contribution in [1.82, 2.24) is 25.8 Å². The minimum Gasteiger partial charge on any atom is -0.480 e. The SMILES string of the molecule is CN(C(=O)OC(C)(C)C)C(C(=O)O)C(C)(C)c1ccc(C(=O)OC(C)(C)C)cc1.CN(C(=O)OC(C)(C)C)C(C(=O)OCc1ccccc1)C(C)(C)c1ccc(C(=O)OC(C)(C)C)cc1.CNC(C(=O)O)C(C)(C)c1ccc(C(=O)OC)cc1.CNC(C(=O)OCc1ccccc1)C(C)(C)c1ccc(C(=O)O)cc1.CNC(C(=O)OCc1ccccc1)C(C)(C)c1ccc(C(=O)OC)cc1. The number of methoxy groups -OCH3 is 2. The van der Waals surface area contributed by atoms with Crippen LogP contribution in [0.3, 0.4) is 0 Å². The molecule has 5 atom stereocenters. The van der Waals surface area contributed by atoms with Gasteiger partial charge in [-0.3, -0.25) is 24.2 Å². The lowest BCUT2D eigenvalue weighted by Gasteiger charge is -2.39. The number of nitrogens with zero attached hydrogens (tertiary/aromatic N) is 2. The van der Waals surface area contributed by atoms with Gasteiger partial charge in [-0.15, -0.1) is 0 Å². The first-order chi connectivity index (χ1) is 62.6. The summed E-state index contributed by atoms with van der Waals surface area (Å²) in [5, 5.41) is 36.9. The van der Waals surface area contributed by atoms with Crippen molar-refractivity contribution < 1.29 is 115 Å². The zero-order chi connectivity index (χ0) is 102. The number of carbonyl (C=O) groups excluding carboxylic acids is 9. The number of nitrogens with one attached hydrogen (secondary N) is 3. The van der Waals surface area contributed by atoms with Gasteiger partial charge in [-0.1, -0.05) is 221 Å². The summed E-state index contributed by atoms with van der Waals surface area (Å²) in [5.41, 5.74) is 2.37. The van der Waals surface area contributed by atoms with Crippen LogP contribution in [0.25, 0.3) is 0 Å². The first-order valence-corrected chi connectivity index (χ1v) is 44.0. The minimum absolute atomic E-state index is 0.0754. The Morgan fingerprint density at radius 2 is 0.511 bits per heavy atom. The van der Waals surface area contributed by atoms with E-state index in [4.69, 9.17) is 43.0 Å². The molecule has 0 radical (unpaired) electrons. The molecule has 0 aromatic heterocycles. The molecular formula is C106H139N5O24. The van der Waals surface area contributed by atoms with Crippen LogP contribution in [-0.2, 0) is 114 Å². The summed E-state index contributed by atoms with van der Waals surface area (Å²) < 4.78 is 47.6. The Bertz CT molecular complexity index is 5220. The third kappa shape index (κ3) is 34.7. The van der Waals surface area contributed by atoms with Crippen molar-refractivity contribution >= 4 is 71.9 Å². The van der Waals surface area contributed by atoms with E-state index in [0.29, 0.717) is 27.8 Å². The lowest BCUT2D eigenvalue weighted by Crippen LogP contribution is -2.54. The monoisotopic (exact) mass is 1870 g/mol. The highest BCUT2D eigenvalue weighted by Crippen LogP contribution is 2.37. The number of likely N-dealkylation sites (N-methyl/N-ethyl adjacent to an activating group) is 5. The van der Waals surface area contributed by atoms with Gasteiger partial charge in [-0.25, -0.2) is 43.2 Å². The van der Waals surface area contributed by atoms with E-state index < -0.39 is 134 Å². The summed E-state index contributed by atoms with van der Waals surface area (Å²) in [4.78, 5) is 148. The van der Waals surface area contributed by atoms with Crippen molar-refractivity contribution in [3.8, 4) is 0 Å². The van der Waals surface area contributed by atoms with Crippen LogP contribution >= 0.6 is 0 Å². The van der Waals surface area contributed by atoms with Crippen molar-refractivity contribution in [2.45, 2.75) is 252 Å². The molecule has 29 heteroatoms. The summed E-state index contributed by atoms with van der Waals surface area (Å²) in [7, 11) is 10.7. The fourth-order valence-corrected chi connectivity index (χ4v) is 14.5. The average molecular weight is 1870 g/mol. The third-order valence-electron chi connectivity index (χ3n) is 21.9. The molecule has 732 valence electrons. The van der Waals surface area contributed by atoms with Crippen molar-refractivity contribution in [2.75, 3.05) is 49.5 Å². The van der Waals surface area contributed by atoms with Crippen molar-refractivity contribution in [1.29, 1.82) is 0 Å². The Hall–Kier alpha value is -13.1. The maximum atomic E-state index is 13.4. The molecular weight excluding hydrogens is 1730 g/mol. The summed E-state index contributed by atoms with van der Waals surface area (Å²) in [6, 6.07) is 58.2. The third-order valence-corrected chi connectivity index (χ3v) is 21.9. The van der Waals surface area contributed by atoms with Gasteiger partial charge in [-0.05, 0) is 209 Å². The van der Waals surface area contributed by atoms with E-state index >= 15 is 0 Å². The van der Waals surface area contributed by atoms with Gasteiger partial charge >= 0.3 is 71.9 Å². The van der Waals surface area contributed by atoms with E-state index in [0.717, 1.165) is 43.8 Å². The lowest BCUT2D eigenvalue weighted by molar-refractivity contribution is -0.153. The van der Waals surface area contributed by atoms with Gasteiger partial charge in [0.25, 0.3) is 0 Å². The first-order valence-electron chi connectivity index (χ1n) is 44.0. The largest absolute Gasteiger partial charge is 0.480 e. The van der Waals surface area contributed by atoms with Crippen molar-refractivity contribution in [3.05, 3.63) is 285 Å². The van der Waals surface area contributed by atoms with E-state index in [9.17, 15) is 67.7 Å². The van der Waals surface area contributed by atoms with Crippen LogP contribution in [0.1, 0.15) is 249 Å². The highest BCUT2D eigenvalue weighted by atomic mass is 16.6. The highest BCUT2D eigenvalue weighted by molar-refractivity contribution is 5.92. The van der Waals surface area contributed by atoms with E-state index in [-0.39, 0.29) is 43.3 Å². The first kappa shape index (κ1) is 114. The predicted octanol–water partition coefficient (Wildman–Crippen LogP) is 17.6. The van der Waals surface area contributed by atoms with Gasteiger partial charge in [0.15, 0.2) is 0 Å². The van der Waals surface area contributed by atoms with Gasteiger partial charge in [0.1, 0.15) is 72.4 Å². The molecule has 0 spiro atoms. The topological polar surface area (TPSA) is 391 Å². The van der Waals surface area contributed by atoms with Crippen LogP contribution in [0.4, 0.5) is 9.59 Å². The molecule has 8 aromatic rings. The second kappa shape index (κ2) is 49.7. The van der Waals surface area contributed by atoms with Crippen LogP contribution in [-0.4, -0.2) is 199 Å². The number of carbonyl (C=O) groups is 12. The number of esters is 7. The van der Waals surface area contributed by atoms with E-state index in [1.807, 2.05) is 159 Å². The molecule has 8 rings (SSSR count). The smallest absolute Gasteiger partial charge is 0.410 e. The molecule has 0 aliphatic heterocycles. The van der Waals surface area contributed by atoms with E-state index in [1.54, 1.807) is 227 Å². The number of carboxylic acid groups (broad SMARTS) is 3. The van der Waals surface area contributed by atoms with Crippen LogP contribution < -0.4 is 16.0 Å². The van der Waals surface area contributed by atoms with Crippen LogP contribution in [0.2, 0.25) is 0 Å². The number of ether oxygens (including phenoxy) is 9. The quantitative estimate of drug-likeness (QED) is 0.0174. The van der Waals surface area contributed by atoms with Gasteiger partial charge < -0.3 is 73.9 Å². The maximum absolute atomic E-state index is 13.4. The van der Waals surface area contributed by atoms with Crippen LogP contribution in [0.15, 0.2) is 212 Å². The Morgan fingerprint density at radius 3 is 0.748 bits per heavy atom. The summed E-state index contributed by atoms with van der Waals surface area (Å²) in [6.07, 6.45) is -1.36. The fraction of sp³-hybridized carbons (Fsp3) is 0.434. The second-order valence-electron chi connectivity index (χ2n) is 38.9. The number of benzene rings is 8. The molecule has 0 bridgehead atoms. The molecule has 6 N–H and O–H groups in total. The van der Waals surface area contributed by atoms with Gasteiger partial charge in [0.2, 0.25) is 0 Å². The molecule has 0 heterocycles. The minimum atomic E-state index is -1.18. The molecule has 0 saturated carbocycles. The number of rotatable bonds is 31. The summed E-state index contributed by atoms with van der Waals surface area (Å²) in [6.45, 7) is 40.4. The molecule has 8 aromatic carbocycles. The van der Waals surface area contributed by atoms with Gasteiger partial charge in [-0.2, -0.15) is 0 Å². The molecule has 0 aliphatic carbocycles. The molecule has 29 nitrogen and oxygen atoms in total. The van der Waals surface area contributed by atoms with Gasteiger partial charge in [0, 0.05) is 41.2 Å². The molecule has 2 amide bonds. The van der Waals surface area contributed by atoms with E-state index in [1.165, 1.54) is 33.2 Å². The Kier molecular flexibility index (Phi) is 42.1. The molecule has 5 unspecified atom stereocenters. The Labute approximate surface area is 795 Å². The maximum Gasteiger partial charge on any atom is 0.410 e. The lowest BCUT2D eigenvalue weighted by atomic mass is 9.76. The second-order valence-corrected chi connectivity index (χ2v) is 38.9. The molecule has 0 saturated heterocycles. The van der Waals surface area contributed by atoms with Crippen molar-refractivity contribution in [2.24, 2.45) is 0 Å². The zero-order valence-electron chi connectivity index (χ0n) is 83.5. The van der Waals surface area contributed by atoms with Crippen LogP contribution in [0.5, 0.6) is 0 Å². The average Bonchev–Trinajstić information content (AvgIpc) is 0.794. The summed E-state index contributed by atoms with van der Waals surface area (Å²) >= 11 is 0. The van der Waals surface area contributed by atoms with Crippen molar-refractivity contribution in [3.63, 3.8) is 0 Å². The molecule has 135 heavy (non-hydrogen) atoms. The fourth-order valence-electron chi connectivity index (χ4n) is 14.5. The summed E-state index contributed by atoms with van der Waals surface area (Å²) in [5.74, 6) is -5.96. The van der Waals surface area contributed by atoms with Crippen LogP contribution in [0, 0.1) is 0 Å².